The van der Waals surface area contributed by atoms with Crippen molar-refractivity contribution < 1.29 is 4.74 Å². The molecule has 8 nitrogen and oxygen atoms in total. The predicted molar refractivity (Wildman–Crippen MR) is 105 cm³/mol. The molecule has 144 valence electrons. The van der Waals surface area contributed by atoms with E-state index < -0.39 is 0 Å². The van der Waals surface area contributed by atoms with Crippen LogP contribution in [0.3, 0.4) is 0 Å². The Balaban J connectivity index is 1.67. The number of imidazole rings is 1. The maximum absolute atomic E-state index is 13.3. The molecule has 1 fully saturated rings. The Morgan fingerprint density at radius 3 is 2.82 bits per heavy atom. The zero-order valence-electron chi connectivity index (χ0n) is 15.9. The van der Waals surface area contributed by atoms with Crippen LogP contribution in [-0.2, 0) is 11.2 Å². The smallest absolute Gasteiger partial charge is 0.279 e. The first-order valence-electron chi connectivity index (χ1n) is 9.67. The van der Waals surface area contributed by atoms with Crippen LogP contribution < -0.4 is 5.56 Å². The normalized spacial score (nSPS) is 17.3. The monoisotopic (exact) mass is 378 g/mol. The van der Waals surface area contributed by atoms with Crippen molar-refractivity contribution in [3.63, 3.8) is 0 Å². The van der Waals surface area contributed by atoms with Gasteiger partial charge in [-0.15, -0.1) is 5.10 Å². The van der Waals surface area contributed by atoms with Crippen molar-refractivity contribution in [1.82, 2.24) is 28.9 Å². The first-order valence-corrected chi connectivity index (χ1v) is 9.67. The summed E-state index contributed by atoms with van der Waals surface area (Å²) >= 11 is 0. The van der Waals surface area contributed by atoms with E-state index in [1.807, 2.05) is 48.7 Å². The minimum atomic E-state index is -0.0858. The number of rotatable bonds is 4. The number of fused-ring (bicyclic) bond motifs is 3. The quantitative estimate of drug-likeness (QED) is 0.545. The lowest BCUT2D eigenvalue weighted by molar-refractivity contribution is 0.110. The van der Waals surface area contributed by atoms with Gasteiger partial charge in [0, 0.05) is 19.1 Å². The molecule has 0 bridgehead atoms. The largest absolute Gasteiger partial charge is 0.378 e. The molecule has 1 atom stereocenters. The third-order valence-electron chi connectivity index (χ3n) is 5.31. The summed E-state index contributed by atoms with van der Waals surface area (Å²) in [6.45, 7) is 4.83. The third-order valence-corrected chi connectivity index (χ3v) is 5.31. The minimum Gasteiger partial charge on any atom is -0.378 e. The number of para-hydroxylation sites is 2. The summed E-state index contributed by atoms with van der Waals surface area (Å²) in [6.07, 6.45) is 6.59. The molecule has 0 saturated carbocycles. The Labute approximate surface area is 161 Å². The van der Waals surface area contributed by atoms with Crippen molar-refractivity contribution in [2.45, 2.75) is 45.3 Å². The van der Waals surface area contributed by atoms with Crippen LogP contribution in [0.25, 0.3) is 22.4 Å². The van der Waals surface area contributed by atoms with Crippen molar-refractivity contribution >= 4 is 16.6 Å². The molecule has 1 aromatic carbocycles. The highest BCUT2D eigenvalue weighted by Gasteiger charge is 2.21. The summed E-state index contributed by atoms with van der Waals surface area (Å²) in [7, 11) is 0. The van der Waals surface area contributed by atoms with Crippen molar-refractivity contribution in [3.8, 4) is 5.82 Å². The molecule has 0 radical (unpaired) electrons. The lowest BCUT2D eigenvalue weighted by Gasteiger charge is -2.15. The van der Waals surface area contributed by atoms with E-state index in [1.54, 1.807) is 15.6 Å². The van der Waals surface area contributed by atoms with E-state index in [-0.39, 0.29) is 17.7 Å². The van der Waals surface area contributed by atoms with Crippen LogP contribution in [-0.4, -0.2) is 41.7 Å². The van der Waals surface area contributed by atoms with E-state index in [0.29, 0.717) is 11.3 Å². The zero-order chi connectivity index (χ0) is 19.3. The van der Waals surface area contributed by atoms with Gasteiger partial charge in [0.15, 0.2) is 11.3 Å². The number of hydrogen-bond acceptors (Lipinski definition) is 5. The van der Waals surface area contributed by atoms with E-state index in [1.165, 1.54) is 0 Å². The summed E-state index contributed by atoms with van der Waals surface area (Å²) in [5.41, 5.74) is 3.08. The highest BCUT2D eigenvalue weighted by molar-refractivity contribution is 5.80. The van der Waals surface area contributed by atoms with Crippen LogP contribution in [0.1, 0.15) is 38.4 Å². The van der Waals surface area contributed by atoms with Gasteiger partial charge >= 0.3 is 0 Å². The molecule has 0 spiro atoms. The lowest BCUT2D eigenvalue weighted by atomic mass is 10.1. The average molecular weight is 378 g/mol. The van der Waals surface area contributed by atoms with Crippen LogP contribution in [0.2, 0.25) is 0 Å². The fourth-order valence-electron chi connectivity index (χ4n) is 4.03. The van der Waals surface area contributed by atoms with Crippen LogP contribution in [0, 0.1) is 0 Å². The molecule has 28 heavy (non-hydrogen) atoms. The van der Waals surface area contributed by atoms with Crippen LogP contribution in [0.4, 0.5) is 0 Å². The molecule has 1 aliphatic rings. The summed E-state index contributed by atoms with van der Waals surface area (Å²) < 4.78 is 10.9. The minimum absolute atomic E-state index is 0.0240. The molecule has 1 saturated heterocycles. The van der Waals surface area contributed by atoms with E-state index in [4.69, 9.17) is 4.74 Å². The van der Waals surface area contributed by atoms with Gasteiger partial charge in [-0.25, -0.2) is 4.98 Å². The fourth-order valence-corrected chi connectivity index (χ4v) is 4.03. The van der Waals surface area contributed by atoms with E-state index in [2.05, 4.69) is 15.3 Å². The fraction of sp³-hybridized carbons (Fsp3) is 0.400. The van der Waals surface area contributed by atoms with Gasteiger partial charge in [0.2, 0.25) is 0 Å². The van der Waals surface area contributed by atoms with Gasteiger partial charge in [-0.3, -0.25) is 9.20 Å². The Bertz CT molecular complexity index is 1210. The summed E-state index contributed by atoms with van der Waals surface area (Å²) in [5.74, 6) is 0.497. The number of nitrogens with zero attached hydrogens (tertiary/aromatic N) is 6. The van der Waals surface area contributed by atoms with E-state index in [9.17, 15) is 4.79 Å². The molecule has 1 aliphatic heterocycles. The maximum Gasteiger partial charge on any atom is 0.279 e. The molecule has 0 amide bonds. The first-order chi connectivity index (χ1) is 13.6. The van der Waals surface area contributed by atoms with Crippen LogP contribution in [0.15, 0.2) is 41.6 Å². The Hall–Kier alpha value is -3.00. The lowest BCUT2D eigenvalue weighted by Crippen LogP contribution is -2.25. The molecule has 1 unspecified atom stereocenters. The summed E-state index contributed by atoms with van der Waals surface area (Å²) in [4.78, 5) is 17.8. The highest BCUT2D eigenvalue weighted by atomic mass is 16.5. The molecule has 4 heterocycles. The second kappa shape index (κ2) is 6.56. The second-order valence-electron chi connectivity index (χ2n) is 7.54. The van der Waals surface area contributed by atoms with Crippen molar-refractivity contribution in [3.05, 3.63) is 52.8 Å². The number of hydrogen-bond donors (Lipinski definition) is 0. The molecule has 0 aliphatic carbocycles. The summed E-state index contributed by atoms with van der Waals surface area (Å²) in [6, 6.07) is 7.89. The average Bonchev–Trinajstić information content (AvgIpc) is 3.42. The maximum atomic E-state index is 13.3. The van der Waals surface area contributed by atoms with Crippen molar-refractivity contribution in [2.75, 3.05) is 6.61 Å². The van der Waals surface area contributed by atoms with Crippen LogP contribution >= 0.6 is 0 Å². The van der Waals surface area contributed by atoms with Gasteiger partial charge in [0.1, 0.15) is 6.33 Å². The van der Waals surface area contributed by atoms with Crippen molar-refractivity contribution in [1.29, 1.82) is 0 Å². The molecule has 4 aromatic rings. The zero-order valence-corrected chi connectivity index (χ0v) is 15.9. The predicted octanol–water partition coefficient (Wildman–Crippen LogP) is 2.53. The topological polar surface area (TPSA) is 79.2 Å². The molecule has 3 aromatic heterocycles. The van der Waals surface area contributed by atoms with Gasteiger partial charge < -0.3 is 9.30 Å². The number of benzene rings is 1. The first kappa shape index (κ1) is 17.1. The third kappa shape index (κ3) is 2.63. The van der Waals surface area contributed by atoms with Gasteiger partial charge in [-0.1, -0.05) is 17.3 Å². The molecule has 5 rings (SSSR count). The van der Waals surface area contributed by atoms with Gasteiger partial charge in [-0.2, -0.15) is 4.68 Å². The molecule has 8 heteroatoms. The van der Waals surface area contributed by atoms with Gasteiger partial charge in [-0.05, 0) is 38.8 Å². The Kier molecular flexibility index (Phi) is 4.01. The standard InChI is InChI=1S/C20H22N6O2/c1-13(2)26-17-8-4-3-7-16(17)24-12-21-19(18(24)20(26)27)25-11-14(22-23-25)10-15-6-5-9-28-15/h3-4,7-8,11-13,15H,5-6,9-10H2,1-2H3. The Morgan fingerprint density at radius 2 is 2.07 bits per heavy atom. The second-order valence-corrected chi connectivity index (χ2v) is 7.54. The molecular formula is C20H22N6O2. The van der Waals surface area contributed by atoms with Gasteiger partial charge in [0.25, 0.3) is 5.56 Å². The number of ether oxygens (including phenoxy) is 1. The van der Waals surface area contributed by atoms with Crippen molar-refractivity contribution in [2.24, 2.45) is 0 Å². The van der Waals surface area contributed by atoms with E-state index in [0.717, 1.165) is 42.6 Å². The van der Waals surface area contributed by atoms with Crippen LogP contribution in [0.5, 0.6) is 0 Å². The van der Waals surface area contributed by atoms with Gasteiger partial charge in [0.05, 0.1) is 29.0 Å². The summed E-state index contributed by atoms with van der Waals surface area (Å²) in [5, 5.41) is 8.50. The molecule has 0 N–H and O–H groups in total. The SMILES string of the molecule is CC(C)n1c(=O)c2c(-n3cc(CC4CCCO4)nn3)ncn2c2ccccc21. The number of aromatic nitrogens is 6. The van der Waals surface area contributed by atoms with E-state index >= 15 is 0 Å². The highest BCUT2D eigenvalue weighted by Crippen LogP contribution is 2.21. The molecular weight excluding hydrogens is 356 g/mol. The Morgan fingerprint density at radius 1 is 1.25 bits per heavy atom.